The van der Waals surface area contributed by atoms with Gasteiger partial charge in [0.25, 0.3) is 0 Å². The van der Waals surface area contributed by atoms with Gasteiger partial charge >= 0.3 is 0 Å². The van der Waals surface area contributed by atoms with Gasteiger partial charge in [0.1, 0.15) is 6.04 Å². The molecule has 0 bridgehead atoms. The third kappa shape index (κ3) is 7.98. The first-order valence-electron chi connectivity index (χ1n) is 10.6. The molecule has 0 saturated heterocycles. The molecule has 0 saturated carbocycles. The minimum absolute atomic E-state index is 0.0317. The fourth-order valence-electron chi connectivity index (χ4n) is 3.13. The van der Waals surface area contributed by atoms with Crippen LogP contribution in [0.2, 0.25) is 10.0 Å². The van der Waals surface area contributed by atoms with Crippen molar-refractivity contribution in [1.82, 2.24) is 10.2 Å². The summed E-state index contributed by atoms with van der Waals surface area (Å²) in [6.07, 6.45) is 1.31. The van der Waals surface area contributed by atoms with Gasteiger partial charge in [-0.2, -0.15) is 0 Å². The van der Waals surface area contributed by atoms with Gasteiger partial charge < -0.3 is 10.2 Å². The molecule has 0 unspecified atom stereocenters. The van der Waals surface area contributed by atoms with E-state index in [9.17, 15) is 9.59 Å². The van der Waals surface area contributed by atoms with Gasteiger partial charge in [0.15, 0.2) is 0 Å². The summed E-state index contributed by atoms with van der Waals surface area (Å²) >= 11 is 17.7. The Morgan fingerprint density at radius 2 is 1.69 bits per heavy atom. The van der Waals surface area contributed by atoms with Crippen molar-refractivity contribution in [2.75, 3.05) is 5.75 Å². The van der Waals surface area contributed by atoms with Crippen LogP contribution in [-0.2, 0) is 21.9 Å². The topological polar surface area (TPSA) is 49.4 Å². The van der Waals surface area contributed by atoms with E-state index < -0.39 is 6.04 Å². The highest BCUT2D eigenvalue weighted by atomic mass is 79.9. The van der Waals surface area contributed by atoms with Gasteiger partial charge in [-0.1, -0.05) is 71.2 Å². The monoisotopic (exact) mass is 558 g/mol. The summed E-state index contributed by atoms with van der Waals surface area (Å²) in [6.45, 7) is 6.06. The molecule has 0 aromatic heterocycles. The fourth-order valence-corrected chi connectivity index (χ4v) is 4.79. The van der Waals surface area contributed by atoms with Gasteiger partial charge in [-0.15, -0.1) is 11.8 Å². The van der Waals surface area contributed by atoms with Crippen LogP contribution in [-0.4, -0.2) is 34.6 Å². The van der Waals surface area contributed by atoms with Gasteiger partial charge in [-0.3, -0.25) is 9.59 Å². The van der Waals surface area contributed by atoms with Crippen LogP contribution in [0, 0.1) is 0 Å². The fraction of sp³-hybridized carbons (Fsp3) is 0.417. The number of hydrogen-bond acceptors (Lipinski definition) is 3. The van der Waals surface area contributed by atoms with Crippen LogP contribution in [0.3, 0.4) is 0 Å². The Hall–Kier alpha value is -1.21. The van der Waals surface area contributed by atoms with Gasteiger partial charge in [-0.25, -0.2) is 0 Å². The largest absolute Gasteiger partial charge is 0.352 e. The third-order valence-electron chi connectivity index (χ3n) is 5.18. The second kappa shape index (κ2) is 13.5. The lowest BCUT2D eigenvalue weighted by Crippen LogP contribution is -2.51. The van der Waals surface area contributed by atoms with E-state index in [-0.39, 0.29) is 30.2 Å². The van der Waals surface area contributed by atoms with Gasteiger partial charge in [0.2, 0.25) is 11.8 Å². The lowest BCUT2D eigenvalue weighted by Gasteiger charge is -2.32. The molecule has 0 aliphatic carbocycles. The Labute approximate surface area is 213 Å². The molecule has 32 heavy (non-hydrogen) atoms. The van der Waals surface area contributed by atoms with Gasteiger partial charge in [0.05, 0.1) is 5.75 Å². The molecular formula is C24H29BrCl2N2O2S. The highest BCUT2D eigenvalue weighted by Gasteiger charge is 2.30. The molecule has 1 N–H and O–H groups in total. The van der Waals surface area contributed by atoms with Crippen molar-refractivity contribution in [3.63, 3.8) is 0 Å². The standard InChI is InChI=1S/C24H29BrCl2N2O2S/c1-4-16(3)28-24(31)22(5-2)29(13-19-20(26)7-6-8-21(19)27)23(30)15-32-14-17-9-11-18(25)12-10-17/h6-12,16,22H,4-5,13-15H2,1-3H3,(H,28,31)/t16-,22-/m0/s1. The van der Waals surface area contributed by atoms with E-state index in [4.69, 9.17) is 23.2 Å². The number of carbonyl (C=O) groups is 2. The van der Waals surface area contributed by atoms with Crippen molar-refractivity contribution in [3.05, 3.63) is 68.1 Å². The molecule has 4 nitrogen and oxygen atoms in total. The smallest absolute Gasteiger partial charge is 0.243 e. The molecular weight excluding hydrogens is 531 g/mol. The Kier molecular flexibility index (Phi) is 11.4. The number of hydrogen-bond donors (Lipinski definition) is 1. The Morgan fingerprint density at radius 1 is 1.06 bits per heavy atom. The molecule has 2 aromatic carbocycles. The normalized spacial score (nSPS) is 12.8. The summed E-state index contributed by atoms with van der Waals surface area (Å²) in [7, 11) is 0. The number of nitrogens with zero attached hydrogens (tertiary/aromatic N) is 1. The molecule has 2 atom stereocenters. The minimum atomic E-state index is -0.600. The Balaban J connectivity index is 2.20. The van der Waals surface area contributed by atoms with E-state index in [1.807, 2.05) is 45.0 Å². The average Bonchev–Trinajstić information content (AvgIpc) is 2.76. The zero-order valence-corrected chi connectivity index (χ0v) is 22.5. The van der Waals surface area contributed by atoms with Gasteiger partial charge in [-0.05, 0) is 49.6 Å². The maximum absolute atomic E-state index is 13.3. The molecule has 0 aliphatic rings. The van der Waals surface area contributed by atoms with Crippen molar-refractivity contribution in [1.29, 1.82) is 0 Å². The number of halogens is 3. The summed E-state index contributed by atoms with van der Waals surface area (Å²) in [5.74, 6) is 0.686. The minimum Gasteiger partial charge on any atom is -0.352 e. The lowest BCUT2D eigenvalue weighted by molar-refractivity contribution is -0.139. The summed E-state index contributed by atoms with van der Waals surface area (Å²) < 4.78 is 1.02. The molecule has 2 rings (SSSR count). The zero-order chi connectivity index (χ0) is 23.7. The highest BCUT2D eigenvalue weighted by molar-refractivity contribution is 9.10. The molecule has 0 spiro atoms. The Morgan fingerprint density at radius 3 is 2.25 bits per heavy atom. The molecule has 0 aliphatic heterocycles. The quantitative estimate of drug-likeness (QED) is 0.333. The van der Waals surface area contributed by atoms with Crippen molar-refractivity contribution in [3.8, 4) is 0 Å². The number of rotatable bonds is 11. The maximum Gasteiger partial charge on any atom is 0.243 e. The van der Waals surface area contributed by atoms with Crippen molar-refractivity contribution < 1.29 is 9.59 Å². The van der Waals surface area contributed by atoms with E-state index in [0.717, 1.165) is 16.5 Å². The molecule has 8 heteroatoms. The second-order valence-electron chi connectivity index (χ2n) is 7.58. The van der Waals surface area contributed by atoms with Crippen molar-refractivity contribution in [2.45, 2.75) is 58.0 Å². The molecule has 2 aromatic rings. The summed E-state index contributed by atoms with van der Waals surface area (Å²) in [6, 6.07) is 12.7. The summed E-state index contributed by atoms with van der Waals surface area (Å²) in [5, 5.41) is 3.97. The first-order valence-corrected chi connectivity index (χ1v) is 13.3. The van der Waals surface area contributed by atoms with E-state index in [0.29, 0.717) is 27.8 Å². The third-order valence-corrected chi connectivity index (χ3v) is 7.41. The van der Waals surface area contributed by atoms with Crippen molar-refractivity contribution >= 4 is 62.7 Å². The van der Waals surface area contributed by atoms with Crippen LogP contribution in [0.15, 0.2) is 46.9 Å². The predicted octanol–water partition coefficient (Wildman–Crippen LogP) is 6.71. The Bertz CT molecular complexity index is 891. The number of amides is 2. The van der Waals surface area contributed by atoms with E-state index >= 15 is 0 Å². The van der Waals surface area contributed by atoms with Crippen LogP contribution < -0.4 is 5.32 Å². The highest BCUT2D eigenvalue weighted by Crippen LogP contribution is 2.27. The molecule has 2 amide bonds. The average molecular weight is 560 g/mol. The lowest BCUT2D eigenvalue weighted by atomic mass is 10.1. The number of benzene rings is 2. The van der Waals surface area contributed by atoms with Crippen LogP contribution in [0.1, 0.15) is 44.7 Å². The molecule has 174 valence electrons. The molecule has 0 fully saturated rings. The van der Waals surface area contributed by atoms with Gasteiger partial charge in [0, 0.05) is 38.4 Å². The van der Waals surface area contributed by atoms with Crippen LogP contribution in [0.5, 0.6) is 0 Å². The molecule has 0 heterocycles. The van der Waals surface area contributed by atoms with E-state index in [1.165, 1.54) is 11.8 Å². The van der Waals surface area contributed by atoms with Crippen LogP contribution in [0.25, 0.3) is 0 Å². The van der Waals surface area contributed by atoms with Crippen LogP contribution >= 0.6 is 50.9 Å². The summed E-state index contributed by atoms with van der Waals surface area (Å²) in [4.78, 5) is 27.9. The van der Waals surface area contributed by atoms with Crippen LogP contribution in [0.4, 0.5) is 0 Å². The van der Waals surface area contributed by atoms with E-state index in [1.54, 1.807) is 23.1 Å². The maximum atomic E-state index is 13.3. The van der Waals surface area contributed by atoms with Crippen molar-refractivity contribution in [2.24, 2.45) is 0 Å². The SMILES string of the molecule is CC[C@H](C)NC(=O)[C@H](CC)N(Cc1c(Cl)cccc1Cl)C(=O)CSCc1ccc(Br)cc1. The number of thioether (sulfide) groups is 1. The predicted molar refractivity (Wildman–Crippen MR) is 139 cm³/mol. The second-order valence-corrected chi connectivity index (χ2v) is 10.3. The molecule has 0 radical (unpaired) electrons. The summed E-state index contributed by atoms with van der Waals surface area (Å²) in [5.41, 5.74) is 1.78. The zero-order valence-electron chi connectivity index (χ0n) is 18.5. The first kappa shape index (κ1) is 27.0. The number of nitrogens with one attached hydrogen (secondary N) is 1. The first-order chi connectivity index (χ1) is 15.3. The van der Waals surface area contributed by atoms with E-state index in [2.05, 4.69) is 21.2 Å². The number of carbonyl (C=O) groups excluding carboxylic acids is 2.